The van der Waals surface area contributed by atoms with Crippen LogP contribution in [0.2, 0.25) is 10.0 Å². The van der Waals surface area contributed by atoms with Gasteiger partial charge in [-0.1, -0.05) is 29.3 Å². The lowest BCUT2D eigenvalue weighted by Gasteiger charge is -2.17. The second-order valence-electron chi connectivity index (χ2n) is 5.56. The summed E-state index contributed by atoms with van der Waals surface area (Å²) < 4.78 is 22.8. The van der Waals surface area contributed by atoms with Gasteiger partial charge in [0.15, 0.2) is 0 Å². The maximum atomic E-state index is 12.6. The summed E-state index contributed by atoms with van der Waals surface area (Å²) in [5.41, 5.74) is 2.28. The minimum atomic E-state index is -3.75. The van der Waals surface area contributed by atoms with E-state index in [-0.39, 0.29) is 17.2 Å². The predicted octanol–water partition coefficient (Wildman–Crippen LogP) is 2.77. The van der Waals surface area contributed by atoms with Gasteiger partial charge in [-0.25, -0.2) is 13.6 Å². The summed E-state index contributed by atoms with van der Waals surface area (Å²) in [7, 11) is -3.75. The van der Waals surface area contributed by atoms with Crippen LogP contribution in [0, 0.1) is 0 Å². The van der Waals surface area contributed by atoms with Crippen molar-refractivity contribution >= 4 is 44.8 Å². The Morgan fingerprint density at radius 3 is 2.54 bits per heavy atom. The smallest absolute Gasteiger partial charge is 0.238 e. The Hall–Kier alpha value is -1.60. The van der Waals surface area contributed by atoms with Crippen molar-refractivity contribution in [1.29, 1.82) is 0 Å². The number of carbonyl (C=O) groups excluding carboxylic acids is 1. The van der Waals surface area contributed by atoms with Crippen molar-refractivity contribution in [3.05, 3.63) is 57.6 Å². The average molecular weight is 385 g/mol. The maximum absolute atomic E-state index is 12.6. The van der Waals surface area contributed by atoms with Crippen molar-refractivity contribution < 1.29 is 13.2 Å². The molecule has 0 unspecified atom stereocenters. The molecule has 2 aromatic carbocycles. The molecule has 1 aliphatic rings. The first-order chi connectivity index (χ1) is 11.3. The molecule has 5 nitrogen and oxygen atoms in total. The molecule has 0 aromatic heterocycles. The normalized spacial score (nSPS) is 13.9. The fourth-order valence-corrected chi connectivity index (χ4v) is 3.62. The van der Waals surface area contributed by atoms with Crippen molar-refractivity contribution in [1.82, 2.24) is 0 Å². The third kappa shape index (κ3) is 3.42. The van der Waals surface area contributed by atoms with Crippen LogP contribution in [0.4, 0.5) is 5.69 Å². The van der Waals surface area contributed by atoms with Crippen molar-refractivity contribution in [2.75, 3.05) is 11.4 Å². The Kier molecular flexibility index (Phi) is 4.57. The number of rotatable bonds is 3. The van der Waals surface area contributed by atoms with Crippen LogP contribution in [0.5, 0.6) is 0 Å². The Balaban J connectivity index is 1.83. The molecule has 0 fully saturated rings. The standard InChI is InChI=1S/C16H14Cl2N2O3S/c17-13-3-1-10(7-14(13)18)8-16(21)20-6-5-11-9-12(24(19,22)23)2-4-15(11)20/h1-4,7,9H,5-6,8H2,(H2,19,22,23). The Labute approximate surface area is 150 Å². The number of benzene rings is 2. The number of carbonyl (C=O) groups is 1. The van der Waals surface area contributed by atoms with E-state index in [0.717, 1.165) is 11.1 Å². The van der Waals surface area contributed by atoms with Crippen LogP contribution in [0.15, 0.2) is 41.3 Å². The van der Waals surface area contributed by atoms with Crippen LogP contribution in [0.25, 0.3) is 0 Å². The van der Waals surface area contributed by atoms with Gasteiger partial charge in [-0.2, -0.15) is 0 Å². The number of hydrogen-bond donors (Lipinski definition) is 1. The lowest BCUT2D eigenvalue weighted by molar-refractivity contribution is -0.117. The van der Waals surface area contributed by atoms with Gasteiger partial charge < -0.3 is 4.90 Å². The summed E-state index contributed by atoms with van der Waals surface area (Å²) in [6.45, 7) is 0.504. The second kappa shape index (κ2) is 6.37. The molecule has 0 saturated carbocycles. The van der Waals surface area contributed by atoms with Gasteiger partial charge in [0, 0.05) is 12.2 Å². The van der Waals surface area contributed by atoms with Gasteiger partial charge in [-0.05, 0) is 47.9 Å². The highest BCUT2D eigenvalue weighted by atomic mass is 35.5. The van der Waals surface area contributed by atoms with E-state index in [2.05, 4.69) is 0 Å². The summed E-state index contributed by atoms with van der Waals surface area (Å²) in [5.74, 6) is -0.0875. The van der Waals surface area contributed by atoms with Crippen LogP contribution in [-0.2, 0) is 27.7 Å². The number of anilines is 1. The highest BCUT2D eigenvalue weighted by Crippen LogP contribution is 2.31. The van der Waals surface area contributed by atoms with Crippen molar-refractivity contribution in [2.24, 2.45) is 5.14 Å². The lowest BCUT2D eigenvalue weighted by atomic mass is 10.1. The molecule has 0 atom stereocenters. The number of sulfonamides is 1. The van der Waals surface area contributed by atoms with Gasteiger partial charge in [0.2, 0.25) is 15.9 Å². The van der Waals surface area contributed by atoms with Crippen molar-refractivity contribution in [3.63, 3.8) is 0 Å². The summed E-state index contributed by atoms with van der Waals surface area (Å²) in [4.78, 5) is 14.3. The van der Waals surface area contributed by atoms with Crippen molar-refractivity contribution in [2.45, 2.75) is 17.7 Å². The van der Waals surface area contributed by atoms with Crippen LogP contribution in [-0.4, -0.2) is 20.9 Å². The van der Waals surface area contributed by atoms with E-state index < -0.39 is 10.0 Å². The van der Waals surface area contributed by atoms with Crippen LogP contribution in [0.3, 0.4) is 0 Å². The predicted molar refractivity (Wildman–Crippen MR) is 94.0 cm³/mol. The maximum Gasteiger partial charge on any atom is 0.238 e. The van der Waals surface area contributed by atoms with Crippen LogP contribution in [0.1, 0.15) is 11.1 Å². The topological polar surface area (TPSA) is 80.5 Å². The number of fused-ring (bicyclic) bond motifs is 1. The van der Waals surface area contributed by atoms with Crippen LogP contribution < -0.4 is 10.0 Å². The number of halogens is 2. The zero-order valence-corrected chi connectivity index (χ0v) is 14.8. The third-order valence-electron chi connectivity index (χ3n) is 3.92. The zero-order chi connectivity index (χ0) is 17.5. The van der Waals surface area contributed by atoms with Gasteiger partial charge in [0.05, 0.1) is 21.4 Å². The highest BCUT2D eigenvalue weighted by Gasteiger charge is 2.26. The summed E-state index contributed by atoms with van der Waals surface area (Å²) in [5, 5.41) is 5.99. The Bertz CT molecular complexity index is 929. The first-order valence-corrected chi connectivity index (χ1v) is 9.46. The first-order valence-electron chi connectivity index (χ1n) is 7.16. The largest absolute Gasteiger partial charge is 0.312 e. The van der Waals surface area contributed by atoms with E-state index in [1.807, 2.05) is 0 Å². The molecule has 0 spiro atoms. The molecular weight excluding hydrogens is 371 g/mol. The van der Waals surface area contributed by atoms with E-state index in [4.69, 9.17) is 28.3 Å². The van der Waals surface area contributed by atoms with E-state index >= 15 is 0 Å². The second-order valence-corrected chi connectivity index (χ2v) is 7.93. The lowest BCUT2D eigenvalue weighted by Crippen LogP contribution is -2.30. The number of primary sulfonamides is 1. The molecule has 0 aliphatic carbocycles. The third-order valence-corrected chi connectivity index (χ3v) is 5.57. The Morgan fingerprint density at radius 1 is 1.12 bits per heavy atom. The minimum absolute atomic E-state index is 0.0556. The van der Waals surface area contributed by atoms with E-state index in [9.17, 15) is 13.2 Å². The van der Waals surface area contributed by atoms with Crippen LogP contribution >= 0.6 is 23.2 Å². The van der Waals surface area contributed by atoms with E-state index in [0.29, 0.717) is 28.7 Å². The molecule has 8 heteroatoms. The Morgan fingerprint density at radius 2 is 1.88 bits per heavy atom. The van der Waals surface area contributed by atoms with Gasteiger partial charge >= 0.3 is 0 Å². The molecule has 1 heterocycles. The highest BCUT2D eigenvalue weighted by molar-refractivity contribution is 7.89. The first kappa shape index (κ1) is 17.2. The number of hydrogen-bond acceptors (Lipinski definition) is 3. The summed E-state index contributed by atoms with van der Waals surface area (Å²) in [6, 6.07) is 9.64. The molecule has 24 heavy (non-hydrogen) atoms. The quantitative estimate of drug-likeness (QED) is 0.882. The van der Waals surface area contributed by atoms with E-state index in [1.165, 1.54) is 12.1 Å². The zero-order valence-electron chi connectivity index (χ0n) is 12.5. The number of nitrogens with two attached hydrogens (primary N) is 1. The van der Waals surface area contributed by atoms with E-state index in [1.54, 1.807) is 29.2 Å². The molecule has 0 radical (unpaired) electrons. The SMILES string of the molecule is NS(=O)(=O)c1ccc2c(c1)CCN2C(=O)Cc1ccc(Cl)c(Cl)c1. The molecule has 126 valence electrons. The van der Waals surface area contributed by atoms with Gasteiger partial charge in [-0.15, -0.1) is 0 Å². The summed E-state index contributed by atoms with van der Waals surface area (Å²) >= 11 is 11.8. The summed E-state index contributed by atoms with van der Waals surface area (Å²) in [6.07, 6.45) is 0.777. The number of amides is 1. The fourth-order valence-electron chi connectivity index (χ4n) is 2.73. The van der Waals surface area contributed by atoms with Crippen molar-refractivity contribution in [3.8, 4) is 0 Å². The molecule has 1 amide bonds. The molecule has 2 aromatic rings. The average Bonchev–Trinajstić information content (AvgIpc) is 2.93. The monoisotopic (exact) mass is 384 g/mol. The fraction of sp³-hybridized carbons (Fsp3) is 0.188. The molecular formula is C16H14Cl2N2O3S. The molecule has 1 aliphatic heterocycles. The van der Waals surface area contributed by atoms with Gasteiger partial charge in [-0.3, -0.25) is 4.79 Å². The molecule has 2 N–H and O–H groups in total. The molecule has 3 rings (SSSR count). The van der Waals surface area contributed by atoms with Gasteiger partial charge in [0.25, 0.3) is 0 Å². The number of nitrogens with zero attached hydrogens (tertiary/aromatic N) is 1. The minimum Gasteiger partial charge on any atom is -0.312 e. The molecule has 0 bridgehead atoms. The molecule has 0 saturated heterocycles. The van der Waals surface area contributed by atoms with Gasteiger partial charge in [0.1, 0.15) is 0 Å².